The highest BCUT2D eigenvalue weighted by atomic mass is 16.2. The summed E-state index contributed by atoms with van der Waals surface area (Å²) in [6.07, 6.45) is 4.92. The number of amides is 1. The third-order valence-corrected chi connectivity index (χ3v) is 5.52. The molecule has 1 heterocycles. The first kappa shape index (κ1) is 21.1. The maximum Gasteiger partial charge on any atom is 0.224 e. The molecule has 2 aromatic carbocycles. The van der Waals surface area contributed by atoms with Gasteiger partial charge in [-0.1, -0.05) is 60.2 Å². The summed E-state index contributed by atoms with van der Waals surface area (Å²) in [5.41, 5.74) is 6.16. The molecule has 1 fully saturated rings. The number of benzene rings is 2. The first-order valence-electron chi connectivity index (χ1n) is 10.6. The summed E-state index contributed by atoms with van der Waals surface area (Å²) < 4.78 is 0. The fourth-order valence-corrected chi connectivity index (χ4v) is 3.99. The van der Waals surface area contributed by atoms with E-state index in [1.54, 1.807) is 0 Å². The van der Waals surface area contributed by atoms with Crippen molar-refractivity contribution < 1.29 is 4.79 Å². The van der Waals surface area contributed by atoms with E-state index in [9.17, 15) is 4.79 Å². The van der Waals surface area contributed by atoms with Crippen molar-refractivity contribution in [3.05, 3.63) is 70.8 Å². The normalized spacial score (nSPS) is 15.1. The maximum absolute atomic E-state index is 12.6. The largest absolute Gasteiger partial charge is 0.384 e. The van der Waals surface area contributed by atoms with Crippen LogP contribution in [0.4, 0.5) is 5.69 Å². The molecule has 0 unspecified atom stereocenters. The molecule has 0 bridgehead atoms. The van der Waals surface area contributed by atoms with E-state index in [1.807, 2.05) is 11.0 Å². The van der Waals surface area contributed by atoms with Gasteiger partial charge in [-0.25, -0.2) is 0 Å². The van der Waals surface area contributed by atoms with Gasteiger partial charge in [-0.2, -0.15) is 0 Å². The minimum absolute atomic E-state index is 0.249. The van der Waals surface area contributed by atoms with Crippen molar-refractivity contribution in [2.24, 2.45) is 0 Å². The van der Waals surface area contributed by atoms with E-state index in [-0.39, 0.29) is 5.91 Å². The summed E-state index contributed by atoms with van der Waals surface area (Å²) >= 11 is 0. The van der Waals surface area contributed by atoms with Gasteiger partial charge >= 0.3 is 0 Å². The molecule has 0 saturated carbocycles. The zero-order chi connectivity index (χ0) is 20.6. The second-order valence-electron chi connectivity index (χ2n) is 7.94. The number of carbonyl (C=O) groups excluding carboxylic acids is 1. The third-order valence-electron chi connectivity index (χ3n) is 5.52. The van der Waals surface area contributed by atoms with Crippen molar-refractivity contribution >= 4 is 17.7 Å². The van der Waals surface area contributed by atoms with Gasteiger partial charge in [0.25, 0.3) is 0 Å². The van der Waals surface area contributed by atoms with Gasteiger partial charge in [0.2, 0.25) is 5.91 Å². The van der Waals surface area contributed by atoms with Crippen LogP contribution in [0.5, 0.6) is 0 Å². The van der Waals surface area contributed by atoms with Crippen LogP contribution in [-0.2, 0) is 4.79 Å². The van der Waals surface area contributed by atoms with E-state index in [4.69, 9.17) is 0 Å². The smallest absolute Gasteiger partial charge is 0.224 e. The Hall–Kier alpha value is -2.59. The molecular weight excluding hydrogens is 358 g/mol. The summed E-state index contributed by atoms with van der Waals surface area (Å²) in [4.78, 5) is 17.0. The molecule has 1 N–H and O–H groups in total. The summed E-state index contributed by atoms with van der Waals surface area (Å²) in [6, 6.07) is 14.7. The highest BCUT2D eigenvalue weighted by Crippen LogP contribution is 2.21. The minimum Gasteiger partial charge on any atom is -0.384 e. The van der Waals surface area contributed by atoms with Crippen LogP contribution in [0.15, 0.2) is 48.5 Å². The highest BCUT2D eigenvalue weighted by molar-refractivity contribution is 5.77. The maximum atomic E-state index is 12.6. The summed E-state index contributed by atoms with van der Waals surface area (Å²) in [5.74, 6) is 0.249. The SMILES string of the molecule is Cc1cc(C)c(NCCC(=O)N2CCN(C/C=C/c3ccccc3)CC2)c(C)c1. The average molecular weight is 392 g/mol. The number of hydrogen-bond acceptors (Lipinski definition) is 3. The van der Waals surface area contributed by atoms with Crippen LogP contribution in [0.3, 0.4) is 0 Å². The molecule has 4 heteroatoms. The molecule has 4 nitrogen and oxygen atoms in total. The van der Waals surface area contributed by atoms with Gasteiger partial charge in [0.1, 0.15) is 0 Å². The lowest BCUT2D eigenvalue weighted by Gasteiger charge is -2.34. The summed E-state index contributed by atoms with van der Waals surface area (Å²) in [5, 5.41) is 3.46. The molecule has 0 radical (unpaired) electrons. The van der Waals surface area contributed by atoms with Crippen LogP contribution in [0.2, 0.25) is 0 Å². The predicted octanol–water partition coefficient (Wildman–Crippen LogP) is 4.27. The van der Waals surface area contributed by atoms with E-state index < -0.39 is 0 Å². The van der Waals surface area contributed by atoms with Gasteiger partial charge in [0, 0.05) is 51.4 Å². The van der Waals surface area contributed by atoms with Crippen molar-refractivity contribution in [3.63, 3.8) is 0 Å². The van der Waals surface area contributed by atoms with Crippen molar-refractivity contribution in [2.75, 3.05) is 44.6 Å². The number of nitrogens with zero attached hydrogens (tertiary/aromatic N) is 2. The monoisotopic (exact) mass is 391 g/mol. The van der Waals surface area contributed by atoms with Crippen LogP contribution in [0, 0.1) is 20.8 Å². The minimum atomic E-state index is 0.249. The molecular formula is C25H33N3O. The van der Waals surface area contributed by atoms with E-state index in [2.05, 4.69) is 79.5 Å². The molecule has 0 spiro atoms. The second-order valence-corrected chi connectivity index (χ2v) is 7.94. The fraction of sp³-hybridized carbons (Fsp3) is 0.400. The molecule has 0 aromatic heterocycles. The zero-order valence-corrected chi connectivity index (χ0v) is 17.9. The van der Waals surface area contributed by atoms with Gasteiger partial charge in [-0.05, 0) is 37.5 Å². The number of nitrogens with one attached hydrogen (secondary N) is 1. The van der Waals surface area contributed by atoms with E-state index >= 15 is 0 Å². The third kappa shape index (κ3) is 6.20. The van der Waals surface area contributed by atoms with Gasteiger partial charge in [-0.15, -0.1) is 0 Å². The van der Waals surface area contributed by atoms with Crippen LogP contribution in [0.1, 0.15) is 28.7 Å². The molecule has 2 aromatic rings. The van der Waals surface area contributed by atoms with E-state index in [1.165, 1.54) is 27.9 Å². The Morgan fingerprint density at radius 1 is 1.00 bits per heavy atom. The summed E-state index contributed by atoms with van der Waals surface area (Å²) in [6.45, 7) is 11.5. The van der Waals surface area contributed by atoms with Crippen LogP contribution < -0.4 is 5.32 Å². The molecule has 29 heavy (non-hydrogen) atoms. The Kier molecular flexibility index (Phi) is 7.48. The molecule has 1 aliphatic heterocycles. The van der Waals surface area contributed by atoms with E-state index in [0.29, 0.717) is 13.0 Å². The summed E-state index contributed by atoms with van der Waals surface area (Å²) in [7, 11) is 0. The van der Waals surface area contributed by atoms with Crippen molar-refractivity contribution in [3.8, 4) is 0 Å². The molecule has 154 valence electrons. The predicted molar refractivity (Wildman–Crippen MR) is 122 cm³/mol. The molecule has 0 aliphatic carbocycles. The molecule has 1 saturated heterocycles. The van der Waals surface area contributed by atoms with Crippen molar-refractivity contribution in [1.29, 1.82) is 0 Å². The second kappa shape index (κ2) is 10.3. The lowest BCUT2D eigenvalue weighted by atomic mass is 10.1. The Bertz CT molecular complexity index is 813. The Balaban J connectivity index is 1.38. The highest BCUT2D eigenvalue weighted by Gasteiger charge is 2.20. The van der Waals surface area contributed by atoms with Crippen molar-refractivity contribution in [2.45, 2.75) is 27.2 Å². The number of hydrogen-bond donors (Lipinski definition) is 1. The van der Waals surface area contributed by atoms with Gasteiger partial charge in [0.05, 0.1) is 0 Å². The molecule has 0 atom stereocenters. The molecule has 1 aliphatic rings. The zero-order valence-electron chi connectivity index (χ0n) is 17.9. The van der Waals surface area contributed by atoms with Gasteiger partial charge in [0.15, 0.2) is 0 Å². The Morgan fingerprint density at radius 2 is 1.66 bits per heavy atom. The number of piperazine rings is 1. The van der Waals surface area contributed by atoms with Gasteiger partial charge < -0.3 is 10.2 Å². The first-order valence-corrected chi connectivity index (χ1v) is 10.6. The lowest BCUT2D eigenvalue weighted by Crippen LogP contribution is -2.48. The van der Waals surface area contributed by atoms with Crippen LogP contribution in [0.25, 0.3) is 6.08 Å². The average Bonchev–Trinajstić information content (AvgIpc) is 2.71. The Morgan fingerprint density at radius 3 is 2.31 bits per heavy atom. The number of carbonyl (C=O) groups is 1. The van der Waals surface area contributed by atoms with Crippen LogP contribution >= 0.6 is 0 Å². The number of aryl methyl sites for hydroxylation is 3. The molecule has 3 rings (SSSR count). The number of anilines is 1. The van der Waals surface area contributed by atoms with Crippen molar-refractivity contribution in [1.82, 2.24) is 9.80 Å². The Labute approximate surface area is 175 Å². The van der Waals surface area contributed by atoms with E-state index in [0.717, 1.165) is 32.7 Å². The van der Waals surface area contributed by atoms with Gasteiger partial charge in [-0.3, -0.25) is 9.69 Å². The number of rotatable bonds is 7. The van der Waals surface area contributed by atoms with Crippen LogP contribution in [-0.4, -0.2) is 55.0 Å². The fourth-order valence-electron chi connectivity index (χ4n) is 3.99. The topological polar surface area (TPSA) is 35.6 Å². The quantitative estimate of drug-likeness (QED) is 0.766. The standard InChI is InChI=1S/C25H33N3O/c1-20-18-21(2)25(22(3)19-20)26-12-11-24(29)28-16-14-27(15-17-28)13-7-10-23-8-5-4-6-9-23/h4-10,18-19,26H,11-17H2,1-3H3/b10-7+. The molecule has 1 amide bonds. The lowest BCUT2D eigenvalue weighted by molar-refractivity contribution is -0.132. The first-order chi connectivity index (χ1) is 14.0.